The molecule has 3 amide bonds. The number of nitrogens with one attached hydrogen (secondary N) is 3. The number of benzene rings is 1. The monoisotopic (exact) mass is 519 g/mol. The predicted octanol–water partition coefficient (Wildman–Crippen LogP) is 3.77. The molecule has 1 aromatic carbocycles. The minimum Gasteiger partial charge on any atom is -0.335 e. The van der Waals surface area contributed by atoms with Crippen LogP contribution in [-0.2, 0) is 15.4 Å². The number of urea groups is 1. The molecule has 9 nitrogen and oxygen atoms in total. The van der Waals surface area contributed by atoms with E-state index in [1.165, 1.54) is 16.2 Å². The van der Waals surface area contributed by atoms with Crippen LogP contribution in [0.3, 0.4) is 0 Å². The van der Waals surface area contributed by atoms with Crippen molar-refractivity contribution in [2.75, 3.05) is 36.0 Å². The van der Waals surface area contributed by atoms with Crippen LogP contribution in [0.4, 0.5) is 15.5 Å². The van der Waals surface area contributed by atoms with Crippen LogP contribution in [0.25, 0.3) is 0 Å². The summed E-state index contributed by atoms with van der Waals surface area (Å²) in [4.78, 5) is 31.7. The van der Waals surface area contributed by atoms with Gasteiger partial charge in [-0.25, -0.2) is 22.9 Å². The zero-order chi connectivity index (χ0) is 23.7. The van der Waals surface area contributed by atoms with Gasteiger partial charge in [-0.05, 0) is 12.1 Å². The van der Waals surface area contributed by atoms with Crippen LogP contribution < -0.4 is 15.4 Å². The number of hydrogen-bond donors (Lipinski definition) is 3. The molecule has 0 spiro atoms. The minimum absolute atomic E-state index is 0.0281. The van der Waals surface area contributed by atoms with E-state index in [9.17, 15) is 18.0 Å². The molecule has 2 aromatic rings. The average molecular weight is 520 g/mol. The van der Waals surface area contributed by atoms with Crippen LogP contribution in [0.2, 0.25) is 10.0 Å². The molecule has 1 aliphatic rings. The van der Waals surface area contributed by atoms with E-state index in [0.29, 0.717) is 10.7 Å². The second-order valence-electron chi connectivity index (χ2n) is 8.13. The number of rotatable bonds is 3. The molecule has 1 fully saturated rings. The molecule has 0 bridgehead atoms. The quantitative estimate of drug-likeness (QED) is 0.569. The first-order valence-corrected chi connectivity index (χ1v) is 12.9. The van der Waals surface area contributed by atoms with Crippen molar-refractivity contribution in [2.45, 2.75) is 26.2 Å². The van der Waals surface area contributed by atoms with Gasteiger partial charge in [-0.3, -0.25) is 10.1 Å². The summed E-state index contributed by atoms with van der Waals surface area (Å²) in [5.74, 6) is -0.655. The molecule has 3 rings (SSSR count). The number of aromatic nitrogens is 1. The van der Waals surface area contributed by atoms with Crippen molar-refractivity contribution in [1.82, 2.24) is 14.6 Å². The zero-order valence-corrected chi connectivity index (χ0v) is 20.8. The number of sulfonamides is 1. The smallest absolute Gasteiger partial charge is 0.324 e. The van der Waals surface area contributed by atoms with Gasteiger partial charge in [0, 0.05) is 25.0 Å². The first-order valence-electron chi connectivity index (χ1n) is 9.67. The largest absolute Gasteiger partial charge is 0.335 e. The van der Waals surface area contributed by atoms with Crippen LogP contribution in [0.5, 0.6) is 0 Å². The SMILES string of the molecule is CC(C)(C)c1nc(C(=O)N2CCNS(=O)(=O)CC2)c(NC(=O)Nc2cccc(Cl)c2Cl)s1. The number of thiazole rings is 1. The fraction of sp³-hybridized carbons (Fsp3) is 0.421. The maximum atomic E-state index is 13.2. The van der Waals surface area contributed by atoms with E-state index in [2.05, 4.69) is 20.3 Å². The Kier molecular flexibility index (Phi) is 7.35. The fourth-order valence-corrected chi connectivity index (χ4v) is 5.20. The van der Waals surface area contributed by atoms with Gasteiger partial charge in [-0.2, -0.15) is 0 Å². The number of halogens is 2. The van der Waals surface area contributed by atoms with Crippen molar-refractivity contribution in [2.24, 2.45) is 0 Å². The van der Waals surface area contributed by atoms with Crippen molar-refractivity contribution in [3.8, 4) is 0 Å². The molecule has 2 heterocycles. The van der Waals surface area contributed by atoms with Gasteiger partial charge < -0.3 is 10.2 Å². The van der Waals surface area contributed by atoms with Crippen molar-refractivity contribution < 1.29 is 18.0 Å². The summed E-state index contributed by atoms with van der Waals surface area (Å²) in [7, 11) is -3.42. The van der Waals surface area contributed by atoms with Crippen molar-refractivity contribution in [3.05, 3.63) is 38.9 Å². The lowest BCUT2D eigenvalue weighted by atomic mass is 9.98. The number of anilines is 2. The van der Waals surface area contributed by atoms with Gasteiger partial charge in [0.05, 0.1) is 21.5 Å². The normalized spacial score (nSPS) is 16.3. The summed E-state index contributed by atoms with van der Waals surface area (Å²) < 4.78 is 26.0. The minimum atomic E-state index is -3.42. The maximum absolute atomic E-state index is 13.2. The third kappa shape index (κ3) is 5.90. The summed E-state index contributed by atoms with van der Waals surface area (Å²) >= 11 is 13.3. The highest BCUT2D eigenvalue weighted by Gasteiger charge is 2.30. The molecule has 0 atom stereocenters. The van der Waals surface area contributed by atoms with Crippen LogP contribution in [-0.4, -0.2) is 55.6 Å². The van der Waals surface area contributed by atoms with Gasteiger partial charge >= 0.3 is 6.03 Å². The van der Waals surface area contributed by atoms with E-state index in [-0.39, 0.29) is 51.5 Å². The predicted molar refractivity (Wildman–Crippen MR) is 128 cm³/mol. The van der Waals surface area contributed by atoms with E-state index in [4.69, 9.17) is 23.2 Å². The van der Waals surface area contributed by atoms with Gasteiger partial charge in [0.25, 0.3) is 5.91 Å². The number of hydrogen-bond acceptors (Lipinski definition) is 6. The highest BCUT2D eigenvalue weighted by atomic mass is 35.5. The molecule has 174 valence electrons. The summed E-state index contributed by atoms with van der Waals surface area (Å²) in [6, 6.07) is 4.22. The second kappa shape index (κ2) is 9.52. The molecule has 0 radical (unpaired) electrons. The zero-order valence-electron chi connectivity index (χ0n) is 17.7. The Hall–Kier alpha value is -1.92. The van der Waals surface area contributed by atoms with Crippen LogP contribution >= 0.6 is 34.5 Å². The van der Waals surface area contributed by atoms with Gasteiger partial charge in [0.2, 0.25) is 10.0 Å². The Morgan fingerprint density at radius 1 is 1.19 bits per heavy atom. The molecular formula is C19H23Cl2N5O4S2. The molecule has 0 saturated carbocycles. The molecule has 1 aromatic heterocycles. The lowest BCUT2D eigenvalue weighted by Gasteiger charge is -2.19. The van der Waals surface area contributed by atoms with Crippen molar-refractivity contribution >= 4 is 67.2 Å². The average Bonchev–Trinajstić information content (AvgIpc) is 3.02. The number of amides is 3. The molecule has 3 N–H and O–H groups in total. The molecule has 1 aliphatic heterocycles. The molecule has 0 aliphatic carbocycles. The van der Waals surface area contributed by atoms with E-state index >= 15 is 0 Å². The van der Waals surface area contributed by atoms with Crippen molar-refractivity contribution in [3.63, 3.8) is 0 Å². The first kappa shape index (κ1) is 24.7. The Balaban J connectivity index is 1.86. The lowest BCUT2D eigenvalue weighted by Crippen LogP contribution is -2.35. The van der Waals surface area contributed by atoms with E-state index < -0.39 is 22.0 Å². The standard InChI is InChI=1S/C19H23Cl2N5O4S2/c1-19(2,3)17-24-14(16(27)26-8-7-22-32(29,30)10-9-26)15(31-17)25-18(28)23-12-6-4-5-11(20)13(12)21/h4-6,22H,7-10H2,1-3H3,(H2,23,25,28). The van der Waals surface area contributed by atoms with E-state index in [0.717, 1.165) is 0 Å². The van der Waals surface area contributed by atoms with Gasteiger partial charge in [0.1, 0.15) is 10.0 Å². The second-order valence-corrected chi connectivity index (χ2v) is 11.8. The summed E-state index contributed by atoms with van der Waals surface area (Å²) in [5, 5.41) is 6.68. The highest BCUT2D eigenvalue weighted by Crippen LogP contribution is 2.34. The van der Waals surface area contributed by atoms with Gasteiger partial charge in [-0.15, -0.1) is 0 Å². The Bertz CT molecular complexity index is 1150. The summed E-state index contributed by atoms with van der Waals surface area (Å²) in [5.41, 5.74) is 0.0104. The Labute approximate surface area is 200 Å². The topological polar surface area (TPSA) is 120 Å². The van der Waals surface area contributed by atoms with Crippen LogP contribution in [0, 0.1) is 0 Å². The first-order chi connectivity index (χ1) is 14.9. The van der Waals surface area contributed by atoms with Gasteiger partial charge in [0.15, 0.2) is 5.69 Å². The Morgan fingerprint density at radius 2 is 1.91 bits per heavy atom. The molecule has 0 unspecified atom stereocenters. The molecule has 32 heavy (non-hydrogen) atoms. The fourth-order valence-electron chi connectivity index (χ4n) is 2.83. The summed E-state index contributed by atoms with van der Waals surface area (Å²) in [6.07, 6.45) is 0. The third-order valence-corrected chi connectivity index (χ3v) is 8.10. The molecule has 13 heteroatoms. The maximum Gasteiger partial charge on any atom is 0.324 e. The number of carbonyl (C=O) groups excluding carboxylic acids is 2. The summed E-state index contributed by atoms with van der Waals surface area (Å²) in [6.45, 7) is 6.17. The Morgan fingerprint density at radius 3 is 2.59 bits per heavy atom. The van der Waals surface area contributed by atoms with Crippen LogP contribution in [0.1, 0.15) is 36.3 Å². The highest BCUT2D eigenvalue weighted by molar-refractivity contribution is 7.89. The van der Waals surface area contributed by atoms with E-state index in [1.54, 1.807) is 18.2 Å². The van der Waals surface area contributed by atoms with Crippen LogP contribution in [0.15, 0.2) is 18.2 Å². The van der Waals surface area contributed by atoms with Crippen molar-refractivity contribution in [1.29, 1.82) is 0 Å². The van der Waals surface area contributed by atoms with Gasteiger partial charge in [-0.1, -0.05) is 61.4 Å². The number of nitrogens with zero attached hydrogens (tertiary/aromatic N) is 2. The molecular weight excluding hydrogens is 497 g/mol. The lowest BCUT2D eigenvalue weighted by molar-refractivity contribution is 0.0767. The number of carbonyl (C=O) groups is 2. The van der Waals surface area contributed by atoms with E-state index in [1.807, 2.05) is 20.8 Å². The molecule has 1 saturated heterocycles. The third-order valence-electron chi connectivity index (χ3n) is 4.52.